The molecule has 0 amide bonds. The van der Waals surface area contributed by atoms with Crippen molar-refractivity contribution in [3.63, 3.8) is 0 Å². The summed E-state index contributed by atoms with van der Waals surface area (Å²) in [7, 11) is 1.44. The Balaban J connectivity index is 1.96. The van der Waals surface area contributed by atoms with Crippen LogP contribution in [0.25, 0.3) is 0 Å². The van der Waals surface area contributed by atoms with Gasteiger partial charge in [0, 0.05) is 25.2 Å². The molecule has 0 spiro atoms. The molecule has 0 radical (unpaired) electrons. The van der Waals surface area contributed by atoms with E-state index in [-0.39, 0.29) is 12.0 Å². The van der Waals surface area contributed by atoms with Crippen LogP contribution >= 0.6 is 0 Å². The summed E-state index contributed by atoms with van der Waals surface area (Å²) in [5.74, 6) is 1.81. The van der Waals surface area contributed by atoms with E-state index < -0.39 is 0 Å². The second-order valence-electron chi connectivity index (χ2n) is 7.18. The fraction of sp³-hybridized carbons (Fsp3) is 0.591. The third-order valence-corrected chi connectivity index (χ3v) is 5.68. The number of hydrogen-bond donors (Lipinski definition) is 0. The van der Waals surface area contributed by atoms with Crippen molar-refractivity contribution in [1.82, 2.24) is 4.90 Å². The van der Waals surface area contributed by atoms with Gasteiger partial charge in [-0.2, -0.15) is 0 Å². The summed E-state index contributed by atoms with van der Waals surface area (Å²) in [4.78, 5) is 14.4. The van der Waals surface area contributed by atoms with Crippen LogP contribution in [0.4, 0.5) is 0 Å². The molecule has 1 fully saturated rings. The molecule has 27 heavy (non-hydrogen) atoms. The molecule has 2 aliphatic heterocycles. The smallest absolute Gasteiger partial charge is 0.330 e. The molecule has 2 unspecified atom stereocenters. The minimum absolute atomic E-state index is 0.255. The van der Waals surface area contributed by atoms with Crippen LogP contribution in [-0.2, 0) is 16.0 Å². The number of piperidine rings is 1. The highest BCUT2D eigenvalue weighted by molar-refractivity contribution is 5.82. The van der Waals surface area contributed by atoms with E-state index in [1.807, 2.05) is 13.8 Å². The van der Waals surface area contributed by atoms with Gasteiger partial charge in [0.15, 0.2) is 11.5 Å². The number of carbonyl (C=O) groups excluding carboxylic acids is 1. The third kappa shape index (κ3) is 4.13. The number of benzene rings is 1. The van der Waals surface area contributed by atoms with Gasteiger partial charge in [-0.15, -0.1) is 0 Å². The van der Waals surface area contributed by atoms with Crippen molar-refractivity contribution in [1.29, 1.82) is 0 Å². The average Bonchev–Trinajstić information content (AvgIpc) is 2.68. The van der Waals surface area contributed by atoms with Gasteiger partial charge < -0.3 is 14.2 Å². The molecular formula is C22H31NO4. The van der Waals surface area contributed by atoms with E-state index in [0.29, 0.717) is 19.1 Å². The first-order chi connectivity index (χ1) is 13.1. The maximum atomic E-state index is 11.9. The molecule has 5 heteroatoms. The van der Waals surface area contributed by atoms with Crippen molar-refractivity contribution in [2.45, 2.75) is 46.1 Å². The van der Waals surface area contributed by atoms with Gasteiger partial charge in [0.25, 0.3) is 0 Å². The first kappa shape index (κ1) is 19.7. The van der Waals surface area contributed by atoms with Crippen LogP contribution in [0.2, 0.25) is 0 Å². The monoisotopic (exact) mass is 373 g/mol. The first-order valence-corrected chi connectivity index (χ1v) is 10.1. The molecule has 1 saturated heterocycles. The van der Waals surface area contributed by atoms with Crippen molar-refractivity contribution in [3.8, 4) is 11.5 Å². The lowest BCUT2D eigenvalue weighted by molar-refractivity contribution is -0.135. The first-order valence-electron chi connectivity index (χ1n) is 10.1. The molecule has 2 atom stereocenters. The number of rotatable bonds is 6. The molecule has 0 aromatic heterocycles. The number of methoxy groups -OCH3 is 1. The number of esters is 1. The van der Waals surface area contributed by atoms with E-state index in [1.54, 1.807) is 6.08 Å². The second kappa shape index (κ2) is 8.79. The molecule has 0 N–H and O–H groups in total. The molecule has 3 rings (SSSR count). The third-order valence-electron chi connectivity index (χ3n) is 5.68. The molecular weight excluding hydrogens is 342 g/mol. The minimum atomic E-state index is -0.255. The van der Waals surface area contributed by atoms with Crippen LogP contribution in [0.15, 0.2) is 23.8 Å². The summed E-state index contributed by atoms with van der Waals surface area (Å²) in [6.45, 7) is 9.44. The molecule has 1 aromatic carbocycles. The zero-order valence-electron chi connectivity index (χ0n) is 16.9. The summed E-state index contributed by atoms with van der Waals surface area (Å²) in [5, 5.41) is 0. The lowest BCUT2D eigenvalue weighted by Gasteiger charge is -2.45. The van der Waals surface area contributed by atoms with Crippen LogP contribution in [0.1, 0.15) is 50.8 Å². The molecule has 2 heterocycles. The topological polar surface area (TPSA) is 48.0 Å². The highest BCUT2D eigenvalue weighted by atomic mass is 16.5. The molecule has 2 aliphatic rings. The van der Waals surface area contributed by atoms with Crippen molar-refractivity contribution in [2.24, 2.45) is 5.92 Å². The number of hydrogen-bond acceptors (Lipinski definition) is 5. The van der Waals surface area contributed by atoms with Crippen LogP contribution in [0, 0.1) is 5.92 Å². The van der Waals surface area contributed by atoms with Crippen molar-refractivity contribution >= 4 is 5.97 Å². The van der Waals surface area contributed by atoms with Gasteiger partial charge >= 0.3 is 5.97 Å². The van der Waals surface area contributed by atoms with Gasteiger partial charge in [0.05, 0.1) is 20.3 Å². The Morgan fingerprint density at radius 3 is 2.52 bits per heavy atom. The molecule has 1 aromatic rings. The summed E-state index contributed by atoms with van der Waals surface area (Å²) in [6, 6.07) is 4.58. The normalized spacial score (nSPS) is 23.5. The Bertz CT molecular complexity index is 713. The Labute approximate surface area is 162 Å². The summed E-state index contributed by atoms with van der Waals surface area (Å²) < 4.78 is 16.5. The minimum Gasteiger partial charge on any atom is -0.490 e. The van der Waals surface area contributed by atoms with Gasteiger partial charge in [0.2, 0.25) is 0 Å². The van der Waals surface area contributed by atoms with E-state index in [9.17, 15) is 4.79 Å². The molecule has 5 nitrogen and oxygen atoms in total. The Morgan fingerprint density at radius 1 is 1.19 bits per heavy atom. The Kier molecular flexibility index (Phi) is 6.42. The maximum Gasteiger partial charge on any atom is 0.330 e. The molecule has 0 bridgehead atoms. The van der Waals surface area contributed by atoms with E-state index in [2.05, 4.69) is 24.0 Å². The zero-order chi connectivity index (χ0) is 19.4. The van der Waals surface area contributed by atoms with Crippen molar-refractivity contribution in [3.05, 3.63) is 34.9 Å². The average molecular weight is 373 g/mol. The summed E-state index contributed by atoms with van der Waals surface area (Å²) >= 11 is 0. The van der Waals surface area contributed by atoms with Gasteiger partial charge in [-0.05, 0) is 62.3 Å². The zero-order valence-corrected chi connectivity index (χ0v) is 16.9. The lowest BCUT2D eigenvalue weighted by atomic mass is 9.79. The second-order valence-corrected chi connectivity index (χ2v) is 7.18. The van der Waals surface area contributed by atoms with Gasteiger partial charge in [-0.1, -0.05) is 12.5 Å². The van der Waals surface area contributed by atoms with Crippen LogP contribution in [-0.4, -0.2) is 44.3 Å². The van der Waals surface area contributed by atoms with Gasteiger partial charge in [0.1, 0.15) is 0 Å². The highest BCUT2D eigenvalue weighted by Gasteiger charge is 2.36. The largest absolute Gasteiger partial charge is 0.490 e. The lowest BCUT2D eigenvalue weighted by Crippen LogP contribution is -2.43. The Morgan fingerprint density at radius 2 is 1.89 bits per heavy atom. The van der Waals surface area contributed by atoms with Crippen LogP contribution < -0.4 is 9.47 Å². The maximum absolute atomic E-state index is 11.9. The molecule has 0 aliphatic carbocycles. The van der Waals surface area contributed by atoms with Crippen molar-refractivity contribution < 1.29 is 19.0 Å². The number of ether oxygens (including phenoxy) is 3. The standard InChI is InChI=1S/C22H31NO4/c1-5-15-14-23-9-8-16-11-20(26-6-2)21(27-7-3)13-18(16)19(23)10-17(15)12-22(24)25-4/h11-13,15,19H,5-10,14H2,1-4H3. The summed E-state index contributed by atoms with van der Waals surface area (Å²) in [5.41, 5.74) is 3.83. The van der Waals surface area contributed by atoms with Crippen molar-refractivity contribution in [2.75, 3.05) is 33.4 Å². The number of nitrogens with zero attached hydrogens (tertiary/aromatic N) is 1. The predicted molar refractivity (Wildman–Crippen MR) is 105 cm³/mol. The number of carbonyl (C=O) groups is 1. The van der Waals surface area contributed by atoms with E-state index >= 15 is 0 Å². The van der Waals surface area contributed by atoms with E-state index in [0.717, 1.165) is 43.9 Å². The van der Waals surface area contributed by atoms with E-state index in [1.165, 1.54) is 23.8 Å². The quantitative estimate of drug-likeness (QED) is 0.559. The molecule has 148 valence electrons. The molecule has 0 saturated carbocycles. The fourth-order valence-corrected chi connectivity index (χ4v) is 4.32. The highest BCUT2D eigenvalue weighted by Crippen LogP contribution is 2.45. The van der Waals surface area contributed by atoms with Gasteiger partial charge in [-0.3, -0.25) is 4.90 Å². The predicted octanol–water partition coefficient (Wildman–Crippen LogP) is 3.91. The van der Waals surface area contributed by atoms with Crippen LogP contribution in [0.3, 0.4) is 0 Å². The van der Waals surface area contributed by atoms with Gasteiger partial charge in [-0.25, -0.2) is 4.79 Å². The Hall–Kier alpha value is -2.01. The summed E-state index contributed by atoms with van der Waals surface area (Å²) in [6.07, 6.45) is 4.62. The fourth-order valence-electron chi connectivity index (χ4n) is 4.32. The SMILES string of the molecule is CCOc1cc2c(cc1OCC)C1CC(=CC(=O)OC)C(CC)CN1CC2. The number of fused-ring (bicyclic) bond motifs is 3. The van der Waals surface area contributed by atoms with Crippen LogP contribution in [0.5, 0.6) is 11.5 Å². The van der Waals surface area contributed by atoms with E-state index in [4.69, 9.17) is 14.2 Å².